The van der Waals surface area contributed by atoms with E-state index in [9.17, 15) is 4.79 Å². The molecule has 1 atom stereocenters. The molecule has 0 aliphatic carbocycles. The fraction of sp³-hybridized carbons (Fsp3) is 0.889. The van der Waals surface area contributed by atoms with Gasteiger partial charge in [0.05, 0.1) is 0 Å². The van der Waals surface area contributed by atoms with Crippen molar-refractivity contribution in [1.82, 2.24) is 5.32 Å². The van der Waals surface area contributed by atoms with Gasteiger partial charge in [0.2, 0.25) is 5.91 Å². The molecule has 0 heterocycles. The van der Waals surface area contributed by atoms with Gasteiger partial charge in [-0.2, -0.15) is 0 Å². The van der Waals surface area contributed by atoms with Crippen LogP contribution >= 0.6 is 0 Å². The molecule has 0 aliphatic rings. The van der Waals surface area contributed by atoms with Crippen LogP contribution in [0.25, 0.3) is 0 Å². The Morgan fingerprint density at radius 2 is 2.00 bits per heavy atom. The number of nitrogens with one attached hydrogen (secondary N) is 1. The standard InChI is InChI=1S/C9H20N2O/c1-7(2)9(12)11-8(3)5-4-6-10/h7-8H,4-6,10H2,1-3H3,(H,11,12). The van der Waals surface area contributed by atoms with Gasteiger partial charge in [-0.05, 0) is 26.3 Å². The van der Waals surface area contributed by atoms with Crippen molar-refractivity contribution in [2.45, 2.75) is 39.7 Å². The number of rotatable bonds is 5. The molecule has 0 aromatic heterocycles. The second kappa shape index (κ2) is 6.00. The van der Waals surface area contributed by atoms with Gasteiger partial charge in [0, 0.05) is 12.0 Å². The third kappa shape index (κ3) is 5.13. The molecule has 72 valence electrons. The van der Waals surface area contributed by atoms with E-state index in [2.05, 4.69) is 5.32 Å². The number of nitrogens with two attached hydrogens (primary N) is 1. The summed E-state index contributed by atoms with van der Waals surface area (Å²) in [6, 6.07) is 0.253. The third-order valence-electron chi connectivity index (χ3n) is 1.75. The van der Waals surface area contributed by atoms with E-state index in [1.54, 1.807) is 0 Å². The van der Waals surface area contributed by atoms with Crippen LogP contribution in [0.1, 0.15) is 33.6 Å². The second-order valence-electron chi connectivity index (χ2n) is 3.50. The monoisotopic (exact) mass is 172 g/mol. The highest BCUT2D eigenvalue weighted by Gasteiger charge is 2.09. The Bertz CT molecular complexity index is 134. The highest BCUT2D eigenvalue weighted by atomic mass is 16.1. The Balaban J connectivity index is 3.54. The summed E-state index contributed by atoms with van der Waals surface area (Å²) in [5.74, 6) is 0.199. The number of amides is 1. The van der Waals surface area contributed by atoms with E-state index in [4.69, 9.17) is 5.73 Å². The molecule has 3 N–H and O–H groups in total. The van der Waals surface area contributed by atoms with E-state index in [1.165, 1.54) is 0 Å². The molecule has 0 radical (unpaired) electrons. The first-order valence-corrected chi connectivity index (χ1v) is 4.58. The van der Waals surface area contributed by atoms with Gasteiger partial charge in [-0.1, -0.05) is 13.8 Å². The zero-order valence-electron chi connectivity index (χ0n) is 8.26. The lowest BCUT2D eigenvalue weighted by molar-refractivity contribution is -0.124. The summed E-state index contributed by atoms with van der Waals surface area (Å²) in [5.41, 5.74) is 5.35. The van der Waals surface area contributed by atoms with Gasteiger partial charge in [0.15, 0.2) is 0 Å². The summed E-state index contributed by atoms with van der Waals surface area (Å²) in [6.07, 6.45) is 1.94. The van der Waals surface area contributed by atoms with E-state index in [0.29, 0.717) is 6.54 Å². The normalized spacial score (nSPS) is 13.1. The van der Waals surface area contributed by atoms with E-state index in [1.807, 2.05) is 20.8 Å². The molecule has 0 saturated heterocycles. The number of carbonyl (C=O) groups excluding carboxylic acids is 1. The van der Waals surface area contributed by atoms with Crippen molar-refractivity contribution in [3.05, 3.63) is 0 Å². The SMILES string of the molecule is CC(CCCN)NC(=O)C(C)C. The average Bonchev–Trinajstić information content (AvgIpc) is 2.00. The molecular formula is C9H20N2O. The molecule has 0 fully saturated rings. The number of hydrogen-bond acceptors (Lipinski definition) is 2. The summed E-state index contributed by atoms with van der Waals surface area (Å²) in [5, 5.41) is 2.92. The Hall–Kier alpha value is -0.570. The second-order valence-corrected chi connectivity index (χ2v) is 3.50. The molecule has 0 aliphatic heterocycles. The van der Waals surface area contributed by atoms with Crippen LogP contribution in [-0.4, -0.2) is 18.5 Å². The molecule has 3 nitrogen and oxygen atoms in total. The van der Waals surface area contributed by atoms with Crippen molar-refractivity contribution in [1.29, 1.82) is 0 Å². The summed E-state index contributed by atoms with van der Waals surface area (Å²) < 4.78 is 0. The van der Waals surface area contributed by atoms with Crippen LogP contribution in [-0.2, 0) is 4.79 Å². The molecule has 0 aromatic rings. The maximum Gasteiger partial charge on any atom is 0.222 e. The van der Waals surface area contributed by atoms with Gasteiger partial charge in [0.1, 0.15) is 0 Å². The van der Waals surface area contributed by atoms with E-state index in [-0.39, 0.29) is 17.9 Å². The summed E-state index contributed by atoms with van der Waals surface area (Å²) in [4.78, 5) is 11.2. The van der Waals surface area contributed by atoms with Crippen LogP contribution in [0.5, 0.6) is 0 Å². The van der Waals surface area contributed by atoms with E-state index >= 15 is 0 Å². The maximum absolute atomic E-state index is 11.2. The maximum atomic E-state index is 11.2. The molecule has 0 saturated carbocycles. The van der Waals surface area contributed by atoms with Crippen molar-refractivity contribution < 1.29 is 4.79 Å². The van der Waals surface area contributed by atoms with Crippen LogP contribution in [0, 0.1) is 5.92 Å². The largest absolute Gasteiger partial charge is 0.353 e. The lowest BCUT2D eigenvalue weighted by atomic mass is 10.1. The molecule has 0 aromatic carbocycles. The predicted molar refractivity (Wildman–Crippen MR) is 50.7 cm³/mol. The highest BCUT2D eigenvalue weighted by Crippen LogP contribution is 1.97. The Labute approximate surface area is 74.7 Å². The van der Waals surface area contributed by atoms with Crippen molar-refractivity contribution in [2.24, 2.45) is 11.7 Å². The number of hydrogen-bond donors (Lipinski definition) is 2. The first-order valence-electron chi connectivity index (χ1n) is 4.58. The van der Waals surface area contributed by atoms with Crippen molar-refractivity contribution >= 4 is 5.91 Å². The molecule has 0 rings (SSSR count). The van der Waals surface area contributed by atoms with Crippen LogP contribution in [0.4, 0.5) is 0 Å². The van der Waals surface area contributed by atoms with Crippen LogP contribution < -0.4 is 11.1 Å². The van der Waals surface area contributed by atoms with Gasteiger partial charge in [-0.15, -0.1) is 0 Å². The smallest absolute Gasteiger partial charge is 0.222 e. The molecular weight excluding hydrogens is 152 g/mol. The lowest BCUT2D eigenvalue weighted by Gasteiger charge is -2.14. The van der Waals surface area contributed by atoms with Crippen molar-refractivity contribution in [3.8, 4) is 0 Å². The minimum atomic E-state index is 0.0744. The van der Waals surface area contributed by atoms with Crippen LogP contribution in [0.3, 0.4) is 0 Å². The van der Waals surface area contributed by atoms with Gasteiger partial charge < -0.3 is 11.1 Å². The van der Waals surface area contributed by atoms with E-state index in [0.717, 1.165) is 12.8 Å². The summed E-state index contributed by atoms with van der Waals surface area (Å²) in [7, 11) is 0. The lowest BCUT2D eigenvalue weighted by Crippen LogP contribution is -2.35. The minimum Gasteiger partial charge on any atom is -0.353 e. The summed E-state index contributed by atoms with van der Waals surface area (Å²) in [6.45, 7) is 6.49. The molecule has 3 heteroatoms. The molecule has 0 spiro atoms. The van der Waals surface area contributed by atoms with Gasteiger partial charge >= 0.3 is 0 Å². The highest BCUT2D eigenvalue weighted by molar-refractivity contribution is 5.78. The van der Waals surface area contributed by atoms with Crippen molar-refractivity contribution in [3.63, 3.8) is 0 Å². The summed E-state index contributed by atoms with van der Waals surface area (Å²) >= 11 is 0. The zero-order chi connectivity index (χ0) is 9.56. The molecule has 0 bridgehead atoms. The topological polar surface area (TPSA) is 55.1 Å². The quantitative estimate of drug-likeness (QED) is 0.647. The Kier molecular flexibility index (Phi) is 5.72. The molecule has 1 amide bonds. The number of carbonyl (C=O) groups is 1. The van der Waals surface area contributed by atoms with Crippen LogP contribution in [0.2, 0.25) is 0 Å². The fourth-order valence-corrected chi connectivity index (χ4v) is 0.906. The third-order valence-corrected chi connectivity index (χ3v) is 1.75. The zero-order valence-corrected chi connectivity index (χ0v) is 8.26. The van der Waals surface area contributed by atoms with Crippen LogP contribution in [0.15, 0.2) is 0 Å². The first-order chi connectivity index (χ1) is 5.57. The first kappa shape index (κ1) is 11.4. The van der Waals surface area contributed by atoms with E-state index < -0.39 is 0 Å². The molecule has 1 unspecified atom stereocenters. The van der Waals surface area contributed by atoms with Gasteiger partial charge in [0.25, 0.3) is 0 Å². The predicted octanol–water partition coefficient (Wildman–Crippen LogP) is 0.886. The Morgan fingerprint density at radius 1 is 1.42 bits per heavy atom. The Morgan fingerprint density at radius 3 is 2.42 bits per heavy atom. The van der Waals surface area contributed by atoms with Crippen molar-refractivity contribution in [2.75, 3.05) is 6.54 Å². The van der Waals surface area contributed by atoms with Gasteiger partial charge in [-0.25, -0.2) is 0 Å². The van der Waals surface area contributed by atoms with Gasteiger partial charge in [-0.3, -0.25) is 4.79 Å². The molecule has 12 heavy (non-hydrogen) atoms. The minimum absolute atomic E-state index is 0.0744. The average molecular weight is 172 g/mol. The fourth-order valence-electron chi connectivity index (χ4n) is 0.906.